The lowest BCUT2D eigenvalue weighted by molar-refractivity contribution is 0.408. The zero-order chi connectivity index (χ0) is 20.5. The van der Waals surface area contributed by atoms with Crippen molar-refractivity contribution in [1.29, 1.82) is 0 Å². The Bertz CT molecular complexity index is 819. The zero-order valence-corrected chi connectivity index (χ0v) is 20.6. The van der Waals surface area contributed by atoms with Crippen LogP contribution in [-0.2, 0) is 13.1 Å². The molecule has 0 aliphatic carbocycles. The zero-order valence-electron chi connectivity index (χ0n) is 18.3. The number of rotatable bonds is 6. The topological polar surface area (TPSA) is 61.8 Å². The van der Waals surface area contributed by atoms with Crippen LogP contribution in [0.5, 0.6) is 5.75 Å². The van der Waals surface area contributed by atoms with Crippen LogP contribution in [0.15, 0.2) is 41.5 Å². The van der Waals surface area contributed by atoms with Crippen molar-refractivity contribution in [3.63, 3.8) is 0 Å². The van der Waals surface area contributed by atoms with E-state index in [1.807, 2.05) is 6.20 Å². The van der Waals surface area contributed by atoms with Gasteiger partial charge < -0.3 is 20.3 Å². The molecule has 2 aromatic rings. The number of pyridine rings is 1. The first kappa shape index (κ1) is 24.2. The highest BCUT2D eigenvalue weighted by Gasteiger charge is 2.11. The Labute approximate surface area is 197 Å². The molecule has 6 nitrogen and oxygen atoms in total. The normalized spacial score (nSPS) is 14.5. The minimum absolute atomic E-state index is 0. The van der Waals surface area contributed by atoms with Crippen LogP contribution in [-0.4, -0.2) is 38.2 Å². The van der Waals surface area contributed by atoms with E-state index in [4.69, 9.17) is 4.74 Å². The summed E-state index contributed by atoms with van der Waals surface area (Å²) < 4.78 is 5.49. The Morgan fingerprint density at radius 2 is 1.80 bits per heavy atom. The molecule has 164 valence electrons. The quantitative estimate of drug-likeness (QED) is 0.337. The number of ether oxygens (including phenoxy) is 1. The fraction of sp³-hybridized carbons (Fsp3) is 0.478. The molecule has 0 amide bonds. The van der Waals surface area contributed by atoms with Crippen LogP contribution in [0.25, 0.3) is 0 Å². The molecule has 0 spiro atoms. The molecule has 0 atom stereocenters. The summed E-state index contributed by atoms with van der Waals surface area (Å²) in [6.07, 6.45) is 7.06. The van der Waals surface area contributed by atoms with E-state index in [1.165, 1.54) is 36.8 Å². The second-order valence-electron chi connectivity index (χ2n) is 7.52. The van der Waals surface area contributed by atoms with E-state index in [1.54, 1.807) is 14.2 Å². The minimum atomic E-state index is 0. The molecule has 0 saturated carbocycles. The van der Waals surface area contributed by atoms with E-state index in [2.05, 4.69) is 62.8 Å². The van der Waals surface area contributed by atoms with Crippen LogP contribution >= 0.6 is 24.0 Å². The maximum absolute atomic E-state index is 5.49. The van der Waals surface area contributed by atoms with Gasteiger partial charge in [-0.05, 0) is 49.1 Å². The lowest BCUT2D eigenvalue weighted by Crippen LogP contribution is -2.36. The summed E-state index contributed by atoms with van der Waals surface area (Å²) in [5.74, 6) is 2.74. The van der Waals surface area contributed by atoms with Crippen LogP contribution in [0.3, 0.4) is 0 Å². The predicted molar refractivity (Wildman–Crippen MR) is 135 cm³/mol. The first-order chi connectivity index (χ1) is 14.2. The van der Waals surface area contributed by atoms with E-state index in [9.17, 15) is 0 Å². The Hall–Kier alpha value is -2.03. The summed E-state index contributed by atoms with van der Waals surface area (Å²) in [7, 11) is 3.49. The molecule has 2 N–H and O–H groups in total. The maximum atomic E-state index is 5.49. The highest BCUT2D eigenvalue weighted by Crippen LogP contribution is 2.20. The van der Waals surface area contributed by atoms with Crippen molar-refractivity contribution >= 4 is 35.8 Å². The lowest BCUT2D eigenvalue weighted by Gasteiger charge is -2.22. The summed E-state index contributed by atoms with van der Waals surface area (Å²) in [5.41, 5.74) is 3.49. The highest BCUT2D eigenvalue weighted by atomic mass is 127. The van der Waals surface area contributed by atoms with Crippen molar-refractivity contribution in [3.8, 4) is 5.75 Å². The molecular formula is C23H34IN5O. The Balaban J connectivity index is 0.00000320. The standard InChI is InChI=1S/C23H33N5O.HI/c1-18-8-9-20(21(14-18)29-3)17-27-23(24-2)26-16-19-10-11-25-22(15-19)28-12-6-4-5-7-13-28;/h8-11,14-15H,4-7,12-13,16-17H2,1-3H3,(H2,24,26,27);1H. The number of methoxy groups -OCH3 is 1. The molecule has 0 radical (unpaired) electrons. The second-order valence-corrected chi connectivity index (χ2v) is 7.52. The third-order valence-electron chi connectivity index (χ3n) is 5.31. The molecule has 2 heterocycles. The number of anilines is 1. The summed E-state index contributed by atoms with van der Waals surface area (Å²) >= 11 is 0. The van der Waals surface area contributed by atoms with E-state index >= 15 is 0 Å². The number of nitrogens with zero attached hydrogens (tertiary/aromatic N) is 3. The summed E-state index contributed by atoms with van der Waals surface area (Å²) in [5, 5.41) is 6.77. The summed E-state index contributed by atoms with van der Waals surface area (Å²) in [4.78, 5) is 11.3. The van der Waals surface area contributed by atoms with Gasteiger partial charge in [-0.2, -0.15) is 0 Å². The van der Waals surface area contributed by atoms with Crippen molar-refractivity contribution in [2.45, 2.75) is 45.7 Å². The monoisotopic (exact) mass is 523 g/mol. The van der Waals surface area contributed by atoms with Crippen molar-refractivity contribution < 1.29 is 4.74 Å². The number of benzene rings is 1. The molecule has 0 bridgehead atoms. The van der Waals surface area contributed by atoms with Gasteiger partial charge in [-0.25, -0.2) is 4.98 Å². The maximum Gasteiger partial charge on any atom is 0.191 e. The highest BCUT2D eigenvalue weighted by molar-refractivity contribution is 14.0. The smallest absolute Gasteiger partial charge is 0.191 e. The second kappa shape index (κ2) is 12.6. The van der Waals surface area contributed by atoms with Gasteiger partial charge in [-0.3, -0.25) is 4.99 Å². The number of aliphatic imine (C=N–C) groups is 1. The van der Waals surface area contributed by atoms with Crippen LogP contribution in [0.1, 0.15) is 42.4 Å². The van der Waals surface area contributed by atoms with Gasteiger partial charge in [0.1, 0.15) is 11.6 Å². The number of guanidine groups is 1. The van der Waals surface area contributed by atoms with Gasteiger partial charge in [-0.1, -0.05) is 25.0 Å². The minimum Gasteiger partial charge on any atom is -0.496 e. The van der Waals surface area contributed by atoms with Crippen LogP contribution in [0.4, 0.5) is 5.82 Å². The lowest BCUT2D eigenvalue weighted by atomic mass is 10.1. The number of hydrogen-bond donors (Lipinski definition) is 2. The molecule has 30 heavy (non-hydrogen) atoms. The van der Waals surface area contributed by atoms with Gasteiger partial charge in [-0.15, -0.1) is 24.0 Å². The largest absolute Gasteiger partial charge is 0.496 e. The van der Waals surface area contributed by atoms with Crippen LogP contribution < -0.4 is 20.3 Å². The molecule has 1 aromatic carbocycles. The van der Waals surface area contributed by atoms with Gasteiger partial charge >= 0.3 is 0 Å². The average Bonchev–Trinajstić information content (AvgIpc) is 3.04. The van der Waals surface area contributed by atoms with Crippen LogP contribution in [0, 0.1) is 6.92 Å². The van der Waals surface area contributed by atoms with Gasteiger partial charge in [0.05, 0.1) is 7.11 Å². The fourth-order valence-corrected chi connectivity index (χ4v) is 3.63. The first-order valence-corrected chi connectivity index (χ1v) is 10.5. The molecule has 1 fully saturated rings. The third kappa shape index (κ3) is 7.04. The van der Waals surface area contributed by atoms with Gasteiger partial charge in [0.15, 0.2) is 5.96 Å². The number of nitrogens with one attached hydrogen (secondary N) is 2. The Morgan fingerprint density at radius 3 is 2.50 bits per heavy atom. The van der Waals surface area contributed by atoms with Crippen molar-refractivity contribution in [1.82, 2.24) is 15.6 Å². The van der Waals surface area contributed by atoms with Gasteiger partial charge in [0.2, 0.25) is 0 Å². The first-order valence-electron chi connectivity index (χ1n) is 10.5. The van der Waals surface area contributed by atoms with Gasteiger partial charge in [0, 0.05) is 45.0 Å². The SMILES string of the molecule is CN=C(NCc1ccnc(N2CCCCCC2)c1)NCc1ccc(C)cc1OC.I. The summed E-state index contributed by atoms with van der Waals surface area (Å²) in [6, 6.07) is 10.5. The molecular weight excluding hydrogens is 489 g/mol. The van der Waals surface area contributed by atoms with E-state index < -0.39 is 0 Å². The Morgan fingerprint density at radius 1 is 1.07 bits per heavy atom. The molecule has 1 saturated heterocycles. The molecule has 1 aliphatic rings. The number of halogens is 1. The fourth-order valence-electron chi connectivity index (χ4n) is 3.63. The number of aryl methyl sites for hydroxylation is 1. The van der Waals surface area contributed by atoms with Crippen molar-refractivity contribution in [2.24, 2.45) is 4.99 Å². The molecule has 7 heteroatoms. The number of hydrogen-bond acceptors (Lipinski definition) is 4. The molecule has 3 rings (SSSR count). The van der Waals surface area contributed by atoms with Crippen molar-refractivity contribution in [2.75, 3.05) is 32.1 Å². The van der Waals surface area contributed by atoms with Crippen molar-refractivity contribution in [3.05, 3.63) is 53.2 Å². The van der Waals surface area contributed by atoms with Crippen LogP contribution in [0.2, 0.25) is 0 Å². The van der Waals surface area contributed by atoms with E-state index in [0.717, 1.165) is 36.2 Å². The Kier molecular flexibility index (Phi) is 10.2. The molecule has 1 aliphatic heterocycles. The average molecular weight is 523 g/mol. The molecule has 0 unspecified atom stereocenters. The summed E-state index contributed by atoms with van der Waals surface area (Å²) in [6.45, 7) is 5.62. The van der Waals surface area contributed by atoms with E-state index in [-0.39, 0.29) is 24.0 Å². The number of aromatic nitrogens is 1. The third-order valence-corrected chi connectivity index (χ3v) is 5.31. The molecule has 1 aromatic heterocycles. The van der Waals surface area contributed by atoms with E-state index in [0.29, 0.717) is 13.1 Å². The van der Waals surface area contributed by atoms with Gasteiger partial charge in [0.25, 0.3) is 0 Å². The predicted octanol–water partition coefficient (Wildman–Crippen LogP) is 4.26.